The summed E-state index contributed by atoms with van der Waals surface area (Å²) in [6.07, 6.45) is 0. The minimum absolute atomic E-state index is 0.174. The molecule has 1 amide bonds. The molecule has 0 saturated heterocycles. The molecule has 21 heavy (non-hydrogen) atoms. The van der Waals surface area contributed by atoms with Gasteiger partial charge in [-0.1, -0.05) is 6.07 Å². The third-order valence-corrected chi connectivity index (χ3v) is 2.83. The van der Waals surface area contributed by atoms with Crippen molar-refractivity contribution in [2.75, 3.05) is 11.9 Å². The van der Waals surface area contributed by atoms with Gasteiger partial charge in [0, 0.05) is 16.8 Å². The third-order valence-electron chi connectivity index (χ3n) is 2.83. The van der Waals surface area contributed by atoms with Gasteiger partial charge in [-0.05, 0) is 39.8 Å². The highest BCUT2D eigenvalue weighted by Crippen LogP contribution is 2.18. The number of carbonyl (C=O) groups is 1. The normalized spacial score (nSPS) is 12.3. The second kappa shape index (κ2) is 6.51. The van der Waals surface area contributed by atoms with Gasteiger partial charge in [0.1, 0.15) is 11.4 Å². The molecule has 0 heterocycles. The van der Waals surface area contributed by atoms with Crippen molar-refractivity contribution in [3.8, 4) is 0 Å². The van der Waals surface area contributed by atoms with Gasteiger partial charge in [-0.15, -0.1) is 0 Å². The average Bonchev–Trinajstić information content (AvgIpc) is 2.36. The van der Waals surface area contributed by atoms with Crippen molar-refractivity contribution in [1.82, 2.24) is 0 Å². The van der Waals surface area contributed by atoms with E-state index in [4.69, 9.17) is 15.6 Å². The summed E-state index contributed by atoms with van der Waals surface area (Å²) in [5.74, 6) is -0.972. The SMILES string of the molecule is CC(C)(N)COC(C)(C)C(=O)Nc1ccc(CO)c(F)c1. The van der Waals surface area contributed by atoms with Crippen LogP contribution in [0.2, 0.25) is 0 Å². The number of halogens is 1. The number of nitrogens with two attached hydrogens (primary N) is 1. The summed E-state index contributed by atoms with van der Waals surface area (Å²) in [4.78, 5) is 12.2. The van der Waals surface area contributed by atoms with E-state index < -0.39 is 22.9 Å². The number of hydrogen-bond donors (Lipinski definition) is 3. The van der Waals surface area contributed by atoms with Crippen LogP contribution in [0, 0.1) is 5.82 Å². The maximum atomic E-state index is 13.5. The number of aliphatic hydroxyl groups excluding tert-OH is 1. The molecular formula is C15H23FN2O3. The van der Waals surface area contributed by atoms with Crippen molar-refractivity contribution in [3.63, 3.8) is 0 Å². The molecule has 1 aromatic carbocycles. The molecule has 0 aliphatic rings. The molecule has 0 saturated carbocycles. The van der Waals surface area contributed by atoms with E-state index in [0.717, 1.165) is 6.07 Å². The van der Waals surface area contributed by atoms with Gasteiger partial charge in [0.25, 0.3) is 5.91 Å². The molecular weight excluding hydrogens is 275 g/mol. The number of carbonyl (C=O) groups excluding carboxylic acids is 1. The van der Waals surface area contributed by atoms with Gasteiger partial charge in [0.2, 0.25) is 0 Å². The Balaban J connectivity index is 2.73. The number of rotatable bonds is 6. The first-order chi connectivity index (χ1) is 9.55. The highest BCUT2D eigenvalue weighted by molar-refractivity contribution is 5.96. The summed E-state index contributed by atoms with van der Waals surface area (Å²) in [5, 5.41) is 11.5. The van der Waals surface area contributed by atoms with E-state index in [1.807, 2.05) is 0 Å². The molecule has 0 bridgehead atoms. The zero-order chi connectivity index (χ0) is 16.3. The van der Waals surface area contributed by atoms with E-state index in [2.05, 4.69) is 5.32 Å². The smallest absolute Gasteiger partial charge is 0.256 e. The Morgan fingerprint density at radius 1 is 1.38 bits per heavy atom. The number of amides is 1. The molecule has 0 fully saturated rings. The minimum Gasteiger partial charge on any atom is -0.392 e. The van der Waals surface area contributed by atoms with Crippen LogP contribution in [0.25, 0.3) is 0 Å². The van der Waals surface area contributed by atoms with E-state index >= 15 is 0 Å². The molecule has 0 aliphatic heterocycles. The maximum absolute atomic E-state index is 13.5. The van der Waals surface area contributed by atoms with Gasteiger partial charge in [-0.2, -0.15) is 0 Å². The largest absolute Gasteiger partial charge is 0.392 e. The lowest BCUT2D eigenvalue weighted by Crippen LogP contribution is -2.46. The summed E-state index contributed by atoms with van der Waals surface area (Å²) in [6.45, 7) is 6.65. The van der Waals surface area contributed by atoms with E-state index in [1.165, 1.54) is 12.1 Å². The predicted octanol–water partition coefficient (Wildman–Crippen LogP) is 1.79. The van der Waals surface area contributed by atoms with Gasteiger partial charge in [-0.3, -0.25) is 4.79 Å². The fourth-order valence-corrected chi connectivity index (χ4v) is 1.47. The Morgan fingerprint density at radius 3 is 2.48 bits per heavy atom. The number of ether oxygens (including phenoxy) is 1. The van der Waals surface area contributed by atoms with Gasteiger partial charge in [0.05, 0.1) is 13.2 Å². The monoisotopic (exact) mass is 298 g/mol. The molecule has 1 rings (SSSR count). The van der Waals surface area contributed by atoms with Crippen molar-refractivity contribution in [2.24, 2.45) is 5.73 Å². The summed E-state index contributed by atoms with van der Waals surface area (Å²) < 4.78 is 19.1. The molecule has 4 N–H and O–H groups in total. The summed E-state index contributed by atoms with van der Waals surface area (Å²) in [6, 6.07) is 4.10. The molecule has 0 aliphatic carbocycles. The van der Waals surface area contributed by atoms with Gasteiger partial charge < -0.3 is 20.9 Å². The number of aliphatic hydroxyl groups is 1. The Kier molecular flexibility index (Phi) is 5.44. The summed E-state index contributed by atoms with van der Waals surface area (Å²) >= 11 is 0. The summed E-state index contributed by atoms with van der Waals surface area (Å²) in [5.41, 5.74) is 4.65. The minimum atomic E-state index is -1.09. The van der Waals surface area contributed by atoms with Crippen LogP contribution in [0.4, 0.5) is 10.1 Å². The quantitative estimate of drug-likeness (QED) is 0.747. The average molecular weight is 298 g/mol. The first-order valence-corrected chi connectivity index (χ1v) is 6.69. The van der Waals surface area contributed by atoms with Crippen molar-refractivity contribution in [3.05, 3.63) is 29.6 Å². The highest BCUT2D eigenvalue weighted by Gasteiger charge is 2.30. The Hall–Kier alpha value is -1.50. The maximum Gasteiger partial charge on any atom is 0.256 e. The zero-order valence-electron chi connectivity index (χ0n) is 12.9. The molecule has 5 nitrogen and oxygen atoms in total. The fraction of sp³-hybridized carbons (Fsp3) is 0.533. The van der Waals surface area contributed by atoms with Crippen LogP contribution in [0.5, 0.6) is 0 Å². The van der Waals surface area contributed by atoms with E-state index in [0.29, 0.717) is 5.69 Å². The molecule has 0 aromatic heterocycles. The molecule has 0 atom stereocenters. The van der Waals surface area contributed by atoms with Gasteiger partial charge in [-0.25, -0.2) is 4.39 Å². The predicted molar refractivity (Wildman–Crippen MR) is 79.2 cm³/mol. The van der Waals surface area contributed by atoms with E-state index in [-0.39, 0.29) is 18.8 Å². The van der Waals surface area contributed by atoms with Crippen molar-refractivity contribution < 1.29 is 19.0 Å². The molecule has 0 spiro atoms. The highest BCUT2D eigenvalue weighted by atomic mass is 19.1. The van der Waals surface area contributed by atoms with E-state index in [9.17, 15) is 9.18 Å². The van der Waals surface area contributed by atoms with Crippen LogP contribution in [-0.4, -0.2) is 28.8 Å². The lowest BCUT2D eigenvalue weighted by Gasteiger charge is -2.28. The van der Waals surface area contributed by atoms with Crippen LogP contribution >= 0.6 is 0 Å². The van der Waals surface area contributed by atoms with Gasteiger partial charge in [0.15, 0.2) is 0 Å². The number of benzene rings is 1. The third kappa shape index (κ3) is 5.41. The molecule has 1 aromatic rings. The number of nitrogens with one attached hydrogen (secondary N) is 1. The van der Waals surface area contributed by atoms with Crippen LogP contribution in [0.1, 0.15) is 33.3 Å². The molecule has 118 valence electrons. The van der Waals surface area contributed by atoms with E-state index in [1.54, 1.807) is 27.7 Å². The van der Waals surface area contributed by atoms with Crippen LogP contribution in [0.3, 0.4) is 0 Å². The second-order valence-electron chi connectivity index (χ2n) is 6.21. The second-order valence-corrected chi connectivity index (χ2v) is 6.21. The Bertz CT molecular complexity index is 510. The zero-order valence-corrected chi connectivity index (χ0v) is 12.9. The van der Waals surface area contributed by atoms with Crippen LogP contribution < -0.4 is 11.1 Å². The topological polar surface area (TPSA) is 84.6 Å². The first kappa shape index (κ1) is 17.6. The van der Waals surface area contributed by atoms with Crippen LogP contribution in [0.15, 0.2) is 18.2 Å². The van der Waals surface area contributed by atoms with Crippen molar-refractivity contribution in [2.45, 2.75) is 45.4 Å². The van der Waals surface area contributed by atoms with Crippen LogP contribution in [-0.2, 0) is 16.1 Å². The number of anilines is 1. The molecule has 0 unspecified atom stereocenters. The van der Waals surface area contributed by atoms with Crippen molar-refractivity contribution >= 4 is 11.6 Å². The standard InChI is InChI=1S/C15H23FN2O3/c1-14(2,17)9-21-15(3,4)13(20)18-11-6-5-10(8-19)12(16)7-11/h5-7,19H,8-9,17H2,1-4H3,(H,18,20). The Morgan fingerprint density at radius 2 is 2.00 bits per heavy atom. The van der Waals surface area contributed by atoms with Crippen molar-refractivity contribution in [1.29, 1.82) is 0 Å². The Labute approximate surface area is 124 Å². The lowest BCUT2D eigenvalue weighted by molar-refractivity contribution is -0.138. The first-order valence-electron chi connectivity index (χ1n) is 6.69. The summed E-state index contributed by atoms with van der Waals surface area (Å²) in [7, 11) is 0. The lowest BCUT2D eigenvalue weighted by atomic mass is 10.1. The fourth-order valence-electron chi connectivity index (χ4n) is 1.47. The number of hydrogen-bond acceptors (Lipinski definition) is 4. The molecule has 0 radical (unpaired) electrons. The molecule has 6 heteroatoms. The van der Waals surface area contributed by atoms with Gasteiger partial charge >= 0.3 is 0 Å².